The van der Waals surface area contributed by atoms with Crippen molar-refractivity contribution in [3.05, 3.63) is 94.0 Å². The Labute approximate surface area is 202 Å². The van der Waals surface area contributed by atoms with E-state index in [0.717, 1.165) is 25.5 Å². The second kappa shape index (κ2) is 11.2. The van der Waals surface area contributed by atoms with Crippen molar-refractivity contribution in [2.45, 2.75) is 18.4 Å². The van der Waals surface area contributed by atoms with E-state index >= 15 is 0 Å². The van der Waals surface area contributed by atoms with E-state index in [1.54, 1.807) is 43.5 Å². The van der Waals surface area contributed by atoms with Gasteiger partial charge < -0.3 is 4.74 Å². The van der Waals surface area contributed by atoms with Gasteiger partial charge in [0, 0.05) is 11.0 Å². The lowest BCUT2D eigenvalue weighted by Crippen LogP contribution is -2.39. The summed E-state index contributed by atoms with van der Waals surface area (Å²) in [6, 6.07) is 21.0. The molecule has 0 aromatic heterocycles. The molecule has 7 nitrogen and oxygen atoms in total. The summed E-state index contributed by atoms with van der Waals surface area (Å²) in [6.45, 7) is 1.61. The lowest BCUT2D eigenvalue weighted by Gasteiger charge is -2.21. The zero-order valence-electron chi connectivity index (χ0n) is 18.2. The zero-order valence-corrected chi connectivity index (χ0v) is 20.6. The maximum absolute atomic E-state index is 13.3. The number of ether oxygens (including phenoxy) is 1. The highest BCUT2D eigenvalue weighted by molar-refractivity contribution is 9.10. The van der Waals surface area contributed by atoms with Gasteiger partial charge in [0.15, 0.2) is 0 Å². The minimum atomic E-state index is -3.92. The standard InChI is InChI=1S/C24H24BrN3O4S/c1-18-6-8-19(9-7-18)16-28(33(30,31)23-12-10-21(25)11-13-23)17-24(29)27-26-15-20-4-3-5-22(14-20)32-2/h3-15H,16-17H2,1-2H3,(H,27,29)/b26-15-. The lowest BCUT2D eigenvalue weighted by molar-refractivity contribution is -0.121. The number of carbonyl (C=O) groups excluding carboxylic acids is 1. The van der Waals surface area contributed by atoms with E-state index in [1.807, 2.05) is 31.2 Å². The number of halogens is 1. The first-order chi connectivity index (χ1) is 15.8. The summed E-state index contributed by atoms with van der Waals surface area (Å²) in [5.41, 5.74) is 4.97. The lowest BCUT2D eigenvalue weighted by atomic mass is 10.1. The summed E-state index contributed by atoms with van der Waals surface area (Å²) < 4.78 is 33.6. The molecule has 3 aromatic carbocycles. The van der Waals surface area contributed by atoms with Crippen molar-refractivity contribution in [1.82, 2.24) is 9.73 Å². The fraction of sp³-hybridized carbons (Fsp3) is 0.167. The van der Waals surface area contributed by atoms with Crippen LogP contribution in [0, 0.1) is 6.92 Å². The van der Waals surface area contributed by atoms with Crippen LogP contribution in [0.4, 0.5) is 0 Å². The molecule has 1 N–H and O–H groups in total. The Morgan fingerprint density at radius 2 is 1.79 bits per heavy atom. The zero-order chi connectivity index (χ0) is 23.8. The second-order valence-corrected chi connectivity index (χ2v) is 10.1. The van der Waals surface area contributed by atoms with E-state index in [2.05, 4.69) is 26.5 Å². The Morgan fingerprint density at radius 3 is 2.45 bits per heavy atom. The number of rotatable bonds is 9. The minimum absolute atomic E-state index is 0.0473. The summed E-state index contributed by atoms with van der Waals surface area (Å²) in [7, 11) is -2.36. The average molecular weight is 530 g/mol. The second-order valence-electron chi connectivity index (χ2n) is 7.28. The van der Waals surface area contributed by atoms with Gasteiger partial charge in [-0.3, -0.25) is 4.79 Å². The monoisotopic (exact) mass is 529 g/mol. The van der Waals surface area contributed by atoms with Crippen LogP contribution in [-0.2, 0) is 21.4 Å². The van der Waals surface area contributed by atoms with Crippen LogP contribution in [0.2, 0.25) is 0 Å². The number of benzene rings is 3. The summed E-state index contributed by atoms with van der Waals surface area (Å²) in [6.07, 6.45) is 1.47. The van der Waals surface area contributed by atoms with Gasteiger partial charge in [0.1, 0.15) is 5.75 Å². The molecular formula is C24H24BrN3O4S. The topological polar surface area (TPSA) is 88.1 Å². The van der Waals surface area contributed by atoms with Gasteiger partial charge in [-0.2, -0.15) is 9.41 Å². The summed E-state index contributed by atoms with van der Waals surface area (Å²) in [4.78, 5) is 12.7. The van der Waals surface area contributed by atoms with Gasteiger partial charge in [-0.05, 0) is 54.4 Å². The first kappa shape index (κ1) is 24.6. The van der Waals surface area contributed by atoms with Crippen LogP contribution in [0.3, 0.4) is 0 Å². The molecule has 0 aliphatic heterocycles. The summed E-state index contributed by atoms with van der Waals surface area (Å²) in [5, 5.41) is 3.95. The van der Waals surface area contributed by atoms with Crippen LogP contribution < -0.4 is 10.2 Å². The van der Waals surface area contributed by atoms with Gasteiger partial charge in [-0.15, -0.1) is 0 Å². The number of methoxy groups -OCH3 is 1. The molecule has 33 heavy (non-hydrogen) atoms. The molecule has 0 atom stereocenters. The van der Waals surface area contributed by atoms with Gasteiger partial charge in [0.25, 0.3) is 5.91 Å². The maximum atomic E-state index is 13.3. The van der Waals surface area contributed by atoms with Crippen molar-refractivity contribution in [2.75, 3.05) is 13.7 Å². The van der Waals surface area contributed by atoms with Crippen LogP contribution in [-0.4, -0.2) is 38.5 Å². The van der Waals surface area contributed by atoms with Crippen molar-refractivity contribution in [1.29, 1.82) is 0 Å². The molecule has 0 spiro atoms. The fourth-order valence-corrected chi connectivity index (χ4v) is 4.62. The van der Waals surface area contributed by atoms with Crippen molar-refractivity contribution in [3.63, 3.8) is 0 Å². The number of nitrogens with one attached hydrogen (secondary N) is 1. The van der Waals surface area contributed by atoms with Gasteiger partial charge in [-0.25, -0.2) is 13.8 Å². The molecule has 0 heterocycles. The smallest absolute Gasteiger partial charge is 0.255 e. The van der Waals surface area contributed by atoms with Gasteiger partial charge in [0.2, 0.25) is 10.0 Å². The molecular weight excluding hydrogens is 506 g/mol. The molecule has 0 radical (unpaired) electrons. The molecule has 0 saturated heterocycles. The van der Waals surface area contributed by atoms with Crippen molar-refractivity contribution >= 4 is 38.1 Å². The van der Waals surface area contributed by atoms with E-state index in [9.17, 15) is 13.2 Å². The van der Waals surface area contributed by atoms with Crippen molar-refractivity contribution in [3.8, 4) is 5.75 Å². The highest BCUT2D eigenvalue weighted by Gasteiger charge is 2.27. The van der Waals surface area contributed by atoms with Gasteiger partial charge in [-0.1, -0.05) is 57.9 Å². The van der Waals surface area contributed by atoms with Crippen LogP contribution in [0.15, 0.2) is 87.3 Å². The third-order valence-electron chi connectivity index (χ3n) is 4.75. The predicted molar refractivity (Wildman–Crippen MR) is 132 cm³/mol. The van der Waals surface area contributed by atoms with Crippen LogP contribution in [0.1, 0.15) is 16.7 Å². The van der Waals surface area contributed by atoms with Crippen molar-refractivity contribution in [2.24, 2.45) is 5.10 Å². The number of amides is 1. The normalized spacial score (nSPS) is 11.6. The van der Waals surface area contributed by atoms with Crippen molar-refractivity contribution < 1.29 is 17.9 Å². The van der Waals surface area contributed by atoms with E-state index in [1.165, 1.54) is 18.3 Å². The Bertz CT molecular complexity index is 1230. The first-order valence-electron chi connectivity index (χ1n) is 10.0. The number of hydrogen-bond donors (Lipinski definition) is 1. The van der Waals surface area contributed by atoms with Crippen LogP contribution >= 0.6 is 15.9 Å². The molecule has 0 aliphatic rings. The minimum Gasteiger partial charge on any atom is -0.497 e. The van der Waals surface area contributed by atoms with Gasteiger partial charge in [0.05, 0.1) is 24.8 Å². The van der Waals surface area contributed by atoms with E-state index < -0.39 is 15.9 Å². The summed E-state index contributed by atoms with van der Waals surface area (Å²) in [5.74, 6) is 0.108. The van der Waals surface area contributed by atoms with Crippen LogP contribution in [0.5, 0.6) is 5.75 Å². The van der Waals surface area contributed by atoms with E-state index in [4.69, 9.17) is 4.74 Å². The van der Waals surface area contributed by atoms with E-state index in [-0.39, 0.29) is 18.0 Å². The highest BCUT2D eigenvalue weighted by atomic mass is 79.9. The third kappa shape index (κ3) is 6.98. The molecule has 172 valence electrons. The SMILES string of the molecule is COc1cccc(/C=N\NC(=O)CN(Cc2ccc(C)cc2)S(=O)(=O)c2ccc(Br)cc2)c1. The molecule has 3 rings (SSSR count). The van der Waals surface area contributed by atoms with Gasteiger partial charge >= 0.3 is 0 Å². The molecule has 0 bridgehead atoms. The molecule has 0 fully saturated rings. The Hall–Kier alpha value is -3.01. The molecule has 0 unspecified atom stereocenters. The number of aryl methyl sites for hydroxylation is 1. The Morgan fingerprint density at radius 1 is 1.09 bits per heavy atom. The average Bonchev–Trinajstić information content (AvgIpc) is 2.80. The molecule has 1 amide bonds. The third-order valence-corrected chi connectivity index (χ3v) is 7.08. The highest BCUT2D eigenvalue weighted by Crippen LogP contribution is 2.21. The number of hydrogen-bond acceptors (Lipinski definition) is 5. The largest absolute Gasteiger partial charge is 0.497 e. The quantitative estimate of drug-likeness (QED) is 0.333. The van der Waals surface area contributed by atoms with Crippen LogP contribution in [0.25, 0.3) is 0 Å². The Kier molecular flexibility index (Phi) is 8.37. The number of carbonyl (C=O) groups is 1. The molecule has 0 saturated carbocycles. The number of hydrazone groups is 1. The maximum Gasteiger partial charge on any atom is 0.255 e. The fourth-order valence-electron chi connectivity index (χ4n) is 2.97. The van der Waals surface area contributed by atoms with E-state index in [0.29, 0.717) is 5.75 Å². The molecule has 0 aliphatic carbocycles. The molecule has 9 heteroatoms. The molecule has 3 aromatic rings. The predicted octanol–water partition coefficient (Wildman–Crippen LogP) is 4.11. The number of nitrogens with zero attached hydrogens (tertiary/aromatic N) is 2. The summed E-state index contributed by atoms with van der Waals surface area (Å²) >= 11 is 3.31. The Balaban J connectivity index is 1.78. The number of sulfonamides is 1. The first-order valence-corrected chi connectivity index (χ1v) is 12.3.